The Kier molecular flexibility index (Phi) is 4.36. The van der Waals surface area contributed by atoms with E-state index in [4.69, 9.17) is 11.2 Å². The van der Waals surface area contributed by atoms with E-state index in [0.717, 1.165) is 5.56 Å². The SMILES string of the molecule is C#Cc1cnc(NC(=O)Nc2cc(C)ccc2OC)cn1. The summed E-state index contributed by atoms with van der Waals surface area (Å²) in [5.74, 6) is 3.23. The van der Waals surface area contributed by atoms with Crippen LogP contribution in [0.15, 0.2) is 30.6 Å². The standard InChI is InChI=1S/C15H14N4O2/c1-4-11-8-17-14(9-16-11)19-15(20)18-12-7-10(2)5-6-13(12)21-3/h1,5-9H,2-3H3,(H2,17,18,19,20). The summed E-state index contributed by atoms with van der Waals surface area (Å²) in [5.41, 5.74) is 1.98. The molecule has 0 aliphatic rings. The van der Waals surface area contributed by atoms with Crippen LogP contribution in [0.3, 0.4) is 0 Å². The van der Waals surface area contributed by atoms with Crippen molar-refractivity contribution in [1.29, 1.82) is 0 Å². The van der Waals surface area contributed by atoms with E-state index in [9.17, 15) is 4.79 Å². The summed E-state index contributed by atoms with van der Waals surface area (Å²) in [7, 11) is 1.54. The number of urea groups is 1. The minimum atomic E-state index is -0.443. The molecule has 0 fully saturated rings. The Morgan fingerprint density at radius 1 is 1.29 bits per heavy atom. The largest absolute Gasteiger partial charge is 0.495 e. The first-order valence-corrected chi connectivity index (χ1v) is 6.13. The number of aryl methyl sites for hydroxylation is 1. The van der Waals surface area contributed by atoms with Gasteiger partial charge in [0.1, 0.15) is 11.4 Å². The quantitative estimate of drug-likeness (QED) is 0.848. The highest BCUT2D eigenvalue weighted by Gasteiger charge is 2.08. The van der Waals surface area contributed by atoms with E-state index < -0.39 is 6.03 Å². The van der Waals surface area contributed by atoms with Gasteiger partial charge in [-0.2, -0.15) is 0 Å². The first kappa shape index (κ1) is 14.3. The number of carbonyl (C=O) groups excluding carboxylic acids is 1. The average Bonchev–Trinajstić information content (AvgIpc) is 2.48. The average molecular weight is 282 g/mol. The fraction of sp³-hybridized carbons (Fsp3) is 0.133. The number of benzene rings is 1. The Morgan fingerprint density at radius 2 is 2.10 bits per heavy atom. The molecule has 1 aromatic carbocycles. The van der Waals surface area contributed by atoms with Gasteiger partial charge >= 0.3 is 6.03 Å². The molecule has 0 atom stereocenters. The number of terminal acetylenes is 1. The van der Waals surface area contributed by atoms with Gasteiger partial charge in [-0.25, -0.2) is 14.8 Å². The van der Waals surface area contributed by atoms with Crippen molar-refractivity contribution in [3.63, 3.8) is 0 Å². The molecule has 2 N–H and O–H groups in total. The summed E-state index contributed by atoms with van der Waals surface area (Å²) in [5, 5.41) is 5.26. The molecule has 21 heavy (non-hydrogen) atoms. The molecule has 1 aromatic heterocycles. The summed E-state index contributed by atoms with van der Waals surface area (Å²) in [4.78, 5) is 19.9. The third-order valence-electron chi connectivity index (χ3n) is 2.64. The van der Waals surface area contributed by atoms with Crippen LogP contribution in [0.4, 0.5) is 16.3 Å². The highest BCUT2D eigenvalue weighted by atomic mass is 16.5. The van der Waals surface area contributed by atoms with E-state index in [-0.39, 0.29) is 0 Å². The lowest BCUT2D eigenvalue weighted by Crippen LogP contribution is -2.20. The molecular weight excluding hydrogens is 268 g/mol. The van der Waals surface area contributed by atoms with Gasteiger partial charge in [-0.15, -0.1) is 6.42 Å². The Morgan fingerprint density at radius 3 is 2.71 bits per heavy atom. The topological polar surface area (TPSA) is 76.1 Å². The maximum Gasteiger partial charge on any atom is 0.324 e. The summed E-state index contributed by atoms with van der Waals surface area (Å²) >= 11 is 0. The number of nitrogens with one attached hydrogen (secondary N) is 2. The van der Waals surface area contributed by atoms with Crippen LogP contribution in [-0.4, -0.2) is 23.1 Å². The monoisotopic (exact) mass is 282 g/mol. The van der Waals surface area contributed by atoms with Gasteiger partial charge in [0.15, 0.2) is 5.82 Å². The molecule has 0 spiro atoms. The van der Waals surface area contributed by atoms with Crippen LogP contribution in [0, 0.1) is 19.3 Å². The molecule has 2 amide bonds. The smallest absolute Gasteiger partial charge is 0.324 e. The second kappa shape index (κ2) is 6.39. The van der Waals surface area contributed by atoms with E-state index >= 15 is 0 Å². The number of ether oxygens (including phenoxy) is 1. The second-order valence-corrected chi connectivity index (χ2v) is 4.21. The number of nitrogens with zero attached hydrogens (tertiary/aromatic N) is 2. The van der Waals surface area contributed by atoms with E-state index in [2.05, 4.69) is 26.5 Å². The lowest BCUT2D eigenvalue weighted by molar-refractivity contribution is 0.262. The van der Waals surface area contributed by atoms with Crippen LogP contribution >= 0.6 is 0 Å². The second-order valence-electron chi connectivity index (χ2n) is 4.21. The molecule has 1 heterocycles. The van der Waals surface area contributed by atoms with Gasteiger partial charge in [-0.05, 0) is 30.5 Å². The Hall–Kier alpha value is -3.07. The molecule has 6 heteroatoms. The van der Waals surface area contributed by atoms with Crippen LogP contribution in [0.2, 0.25) is 0 Å². The van der Waals surface area contributed by atoms with Crippen LogP contribution in [0.25, 0.3) is 0 Å². The molecule has 106 valence electrons. The Balaban J connectivity index is 2.07. The third kappa shape index (κ3) is 3.70. The first-order chi connectivity index (χ1) is 10.1. The minimum absolute atomic E-state index is 0.304. The molecular formula is C15H14N4O2. The van der Waals surface area contributed by atoms with E-state index in [1.807, 2.05) is 19.1 Å². The molecule has 0 saturated heterocycles. The van der Waals surface area contributed by atoms with Crippen molar-refractivity contribution in [2.24, 2.45) is 0 Å². The van der Waals surface area contributed by atoms with Crippen LogP contribution in [0.5, 0.6) is 5.75 Å². The van der Waals surface area contributed by atoms with Gasteiger partial charge in [0.2, 0.25) is 0 Å². The number of anilines is 2. The fourth-order valence-corrected chi connectivity index (χ4v) is 1.66. The summed E-state index contributed by atoms with van der Waals surface area (Å²) in [6.07, 6.45) is 7.98. The van der Waals surface area contributed by atoms with Gasteiger partial charge < -0.3 is 10.1 Å². The predicted octanol–water partition coefficient (Wildman–Crippen LogP) is 2.42. The van der Waals surface area contributed by atoms with Crippen molar-refractivity contribution in [3.05, 3.63) is 41.9 Å². The normalized spacial score (nSPS) is 9.57. The minimum Gasteiger partial charge on any atom is -0.495 e. The summed E-state index contributed by atoms with van der Waals surface area (Å²) < 4.78 is 5.19. The van der Waals surface area contributed by atoms with Crippen molar-refractivity contribution < 1.29 is 9.53 Å². The van der Waals surface area contributed by atoms with Crippen LogP contribution in [0.1, 0.15) is 11.3 Å². The summed E-state index contributed by atoms with van der Waals surface area (Å²) in [6.45, 7) is 1.92. The van der Waals surface area contributed by atoms with Crippen molar-refractivity contribution >= 4 is 17.5 Å². The zero-order valence-electron chi connectivity index (χ0n) is 11.7. The van der Waals surface area contributed by atoms with Gasteiger partial charge in [0.25, 0.3) is 0 Å². The number of amides is 2. The van der Waals surface area contributed by atoms with E-state index in [1.54, 1.807) is 6.07 Å². The van der Waals surface area contributed by atoms with Crippen LogP contribution in [-0.2, 0) is 0 Å². The molecule has 2 aromatic rings. The van der Waals surface area contributed by atoms with Crippen molar-refractivity contribution in [1.82, 2.24) is 9.97 Å². The highest BCUT2D eigenvalue weighted by Crippen LogP contribution is 2.25. The Labute approximate surface area is 122 Å². The first-order valence-electron chi connectivity index (χ1n) is 6.13. The van der Waals surface area contributed by atoms with Gasteiger partial charge in [0.05, 0.1) is 25.2 Å². The number of methoxy groups -OCH3 is 1. The number of hydrogen-bond acceptors (Lipinski definition) is 4. The van der Waals surface area contributed by atoms with Crippen LogP contribution < -0.4 is 15.4 Å². The molecule has 2 rings (SSSR count). The third-order valence-corrected chi connectivity index (χ3v) is 2.64. The highest BCUT2D eigenvalue weighted by molar-refractivity contribution is 6.00. The predicted molar refractivity (Wildman–Crippen MR) is 80.3 cm³/mol. The molecule has 0 radical (unpaired) electrons. The number of rotatable bonds is 3. The zero-order valence-corrected chi connectivity index (χ0v) is 11.7. The number of aromatic nitrogens is 2. The van der Waals surface area contributed by atoms with Crippen molar-refractivity contribution in [2.75, 3.05) is 17.7 Å². The molecule has 6 nitrogen and oxygen atoms in total. The Bertz CT molecular complexity index is 690. The lowest BCUT2D eigenvalue weighted by Gasteiger charge is -2.11. The molecule has 0 aliphatic carbocycles. The van der Waals surface area contributed by atoms with Gasteiger partial charge in [-0.1, -0.05) is 6.07 Å². The molecule has 0 aliphatic heterocycles. The van der Waals surface area contributed by atoms with E-state index in [1.165, 1.54) is 19.5 Å². The van der Waals surface area contributed by atoms with Gasteiger partial charge in [-0.3, -0.25) is 5.32 Å². The molecule has 0 saturated carbocycles. The number of hydrogen-bond donors (Lipinski definition) is 2. The molecule has 0 bridgehead atoms. The molecule has 0 unspecified atom stereocenters. The fourth-order valence-electron chi connectivity index (χ4n) is 1.66. The lowest BCUT2D eigenvalue weighted by atomic mass is 10.2. The van der Waals surface area contributed by atoms with Crippen molar-refractivity contribution in [2.45, 2.75) is 6.92 Å². The summed E-state index contributed by atoms with van der Waals surface area (Å²) in [6, 6.07) is 5.05. The maximum absolute atomic E-state index is 11.9. The van der Waals surface area contributed by atoms with E-state index in [0.29, 0.717) is 22.9 Å². The number of carbonyl (C=O) groups is 1. The van der Waals surface area contributed by atoms with Gasteiger partial charge in [0, 0.05) is 0 Å². The van der Waals surface area contributed by atoms with Crippen molar-refractivity contribution in [3.8, 4) is 18.1 Å². The zero-order chi connectivity index (χ0) is 15.2. The maximum atomic E-state index is 11.9.